The maximum absolute atomic E-state index is 12.8. The third-order valence-corrected chi connectivity index (χ3v) is 6.13. The summed E-state index contributed by atoms with van der Waals surface area (Å²) in [6.45, 7) is 8.00. The second-order valence-electron chi connectivity index (χ2n) is 8.58. The predicted octanol–water partition coefficient (Wildman–Crippen LogP) is 4.39. The minimum Gasteiger partial charge on any atom is -0.493 e. The van der Waals surface area contributed by atoms with Crippen molar-refractivity contribution >= 4 is 11.7 Å². The van der Waals surface area contributed by atoms with Crippen LogP contribution in [0.4, 0.5) is 5.82 Å². The summed E-state index contributed by atoms with van der Waals surface area (Å²) in [5, 5.41) is 16.0. The lowest BCUT2D eigenvalue weighted by Crippen LogP contribution is -2.25. The van der Waals surface area contributed by atoms with Crippen molar-refractivity contribution in [3.05, 3.63) is 83.7 Å². The smallest absolute Gasteiger partial charge is 0.272 e. The third-order valence-electron chi connectivity index (χ3n) is 6.13. The number of amides is 1. The van der Waals surface area contributed by atoms with Crippen molar-refractivity contribution in [3.8, 4) is 28.7 Å². The molecule has 0 saturated heterocycles. The van der Waals surface area contributed by atoms with Crippen molar-refractivity contribution in [2.45, 2.75) is 26.2 Å². The first-order valence-electron chi connectivity index (χ1n) is 11.6. The highest BCUT2D eigenvalue weighted by molar-refractivity contribution is 5.95. The number of ether oxygens (including phenoxy) is 2. The summed E-state index contributed by atoms with van der Waals surface area (Å²) in [6.07, 6.45) is 3.56. The van der Waals surface area contributed by atoms with Gasteiger partial charge >= 0.3 is 0 Å². The van der Waals surface area contributed by atoms with Gasteiger partial charge in [0.15, 0.2) is 11.5 Å². The summed E-state index contributed by atoms with van der Waals surface area (Å²) in [4.78, 5) is 17.5. The Morgan fingerprint density at radius 3 is 2.72 bits per heavy atom. The fourth-order valence-corrected chi connectivity index (χ4v) is 4.39. The molecule has 3 heterocycles. The molecule has 1 aliphatic heterocycles. The molecule has 1 N–H and O–H groups in total. The molecule has 0 unspecified atom stereocenters. The number of hydrogen-bond acceptors (Lipinski definition) is 7. The van der Waals surface area contributed by atoms with Crippen molar-refractivity contribution in [2.24, 2.45) is 0 Å². The van der Waals surface area contributed by atoms with Gasteiger partial charge in [-0.1, -0.05) is 48.6 Å². The zero-order valence-electron chi connectivity index (χ0n) is 20.4. The second-order valence-corrected chi connectivity index (χ2v) is 8.58. The number of aryl methyl sites for hydroxylation is 2. The van der Waals surface area contributed by atoms with Gasteiger partial charge in [-0.2, -0.15) is 14.9 Å². The Morgan fingerprint density at radius 1 is 1.17 bits per heavy atom. The fourth-order valence-electron chi connectivity index (χ4n) is 4.39. The van der Waals surface area contributed by atoms with Crippen molar-refractivity contribution in [3.63, 3.8) is 0 Å². The van der Waals surface area contributed by atoms with Gasteiger partial charge in [0.2, 0.25) is 5.91 Å². The molecule has 2 aromatic carbocycles. The van der Waals surface area contributed by atoms with E-state index in [1.807, 2.05) is 56.3 Å². The van der Waals surface area contributed by atoms with E-state index in [4.69, 9.17) is 14.6 Å². The second kappa shape index (κ2) is 9.61. The maximum atomic E-state index is 12.8. The minimum absolute atomic E-state index is 0.123. The molecule has 1 amide bonds. The molecule has 0 aliphatic carbocycles. The number of carbonyl (C=O) groups excluding carboxylic acids is 1. The van der Waals surface area contributed by atoms with Crippen LogP contribution in [-0.4, -0.2) is 44.6 Å². The van der Waals surface area contributed by atoms with Crippen LogP contribution in [0.1, 0.15) is 34.7 Å². The van der Waals surface area contributed by atoms with Gasteiger partial charge in [0, 0.05) is 23.5 Å². The first-order chi connectivity index (χ1) is 17.5. The average molecular weight is 483 g/mol. The van der Waals surface area contributed by atoms with Crippen LogP contribution in [0.25, 0.3) is 17.2 Å². The van der Waals surface area contributed by atoms with Gasteiger partial charge in [-0.15, -0.1) is 5.10 Å². The lowest BCUT2D eigenvalue weighted by Gasteiger charge is -2.25. The SMILES string of the molecule is C=CCOc1ccc([C@@H]2CC(=O)Nc3c2c(C)nn3-c2nncc(-c3ccc(C)cc3)n2)cc1OC. The standard InChI is InChI=1S/C27H26N6O3/c1-5-12-36-22-11-10-19(13-23(22)35-4)20-14-24(34)30-26-25(20)17(3)32-33(26)27-29-21(15-28-31-27)18-8-6-16(2)7-9-18/h5-11,13,15,20H,1,12,14H2,2-4H3,(H,30,34)/t20-/m0/s1. The molecular formula is C27H26N6O3. The number of fused-ring (bicyclic) bond motifs is 1. The maximum Gasteiger partial charge on any atom is 0.272 e. The van der Waals surface area contributed by atoms with Gasteiger partial charge in [-0.05, 0) is 31.5 Å². The van der Waals surface area contributed by atoms with E-state index in [1.165, 1.54) is 0 Å². The summed E-state index contributed by atoms with van der Waals surface area (Å²) in [6, 6.07) is 13.7. The Morgan fingerprint density at radius 2 is 1.97 bits per heavy atom. The van der Waals surface area contributed by atoms with E-state index < -0.39 is 0 Å². The van der Waals surface area contributed by atoms with E-state index in [-0.39, 0.29) is 24.2 Å². The number of nitrogens with one attached hydrogen (secondary N) is 1. The van der Waals surface area contributed by atoms with E-state index in [1.54, 1.807) is 24.1 Å². The normalized spacial score (nSPS) is 14.6. The number of carbonyl (C=O) groups is 1. The van der Waals surface area contributed by atoms with Crippen LogP contribution in [0, 0.1) is 13.8 Å². The highest BCUT2D eigenvalue weighted by atomic mass is 16.5. The molecule has 182 valence electrons. The topological polar surface area (TPSA) is 104 Å². The predicted molar refractivity (Wildman–Crippen MR) is 136 cm³/mol. The van der Waals surface area contributed by atoms with E-state index >= 15 is 0 Å². The van der Waals surface area contributed by atoms with Crippen molar-refractivity contribution < 1.29 is 14.3 Å². The number of aromatic nitrogens is 5. The molecule has 9 nitrogen and oxygen atoms in total. The van der Waals surface area contributed by atoms with Crippen molar-refractivity contribution in [1.29, 1.82) is 0 Å². The number of nitrogens with zero attached hydrogens (tertiary/aromatic N) is 5. The Kier molecular flexibility index (Phi) is 6.20. The van der Waals surface area contributed by atoms with Crippen molar-refractivity contribution in [1.82, 2.24) is 25.0 Å². The number of rotatable bonds is 7. The first-order valence-corrected chi connectivity index (χ1v) is 11.6. The number of benzene rings is 2. The molecule has 0 bridgehead atoms. The van der Waals surface area contributed by atoms with Gasteiger partial charge in [0.05, 0.1) is 24.7 Å². The highest BCUT2D eigenvalue weighted by Crippen LogP contribution is 2.42. The molecule has 36 heavy (non-hydrogen) atoms. The Labute approximate surface area is 208 Å². The van der Waals surface area contributed by atoms with Gasteiger partial charge < -0.3 is 14.8 Å². The number of hydrogen-bond donors (Lipinski definition) is 1. The monoisotopic (exact) mass is 482 g/mol. The Hall–Kier alpha value is -4.53. The summed E-state index contributed by atoms with van der Waals surface area (Å²) in [7, 11) is 1.59. The number of anilines is 1. The summed E-state index contributed by atoms with van der Waals surface area (Å²) >= 11 is 0. The lowest BCUT2D eigenvalue weighted by molar-refractivity contribution is -0.116. The quantitative estimate of drug-likeness (QED) is 0.390. The zero-order valence-corrected chi connectivity index (χ0v) is 20.4. The Balaban J connectivity index is 1.56. The molecule has 9 heteroatoms. The van der Waals surface area contributed by atoms with E-state index in [0.29, 0.717) is 29.6 Å². The molecule has 0 fully saturated rings. The molecule has 1 atom stereocenters. The fraction of sp³-hybridized carbons (Fsp3) is 0.222. The van der Waals surface area contributed by atoms with Crippen LogP contribution >= 0.6 is 0 Å². The molecule has 0 saturated carbocycles. The van der Waals surface area contributed by atoms with Crippen LogP contribution in [-0.2, 0) is 4.79 Å². The summed E-state index contributed by atoms with van der Waals surface area (Å²) in [5.74, 6) is 1.68. The van der Waals surface area contributed by atoms with Crippen molar-refractivity contribution in [2.75, 3.05) is 19.0 Å². The van der Waals surface area contributed by atoms with Gasteiger partial charge in [0.1, 0.15) is 12.4 Å². The molecule has 0 radical (unpaired) electrons. The van der Waals surface area contributed by atoms with E-state index in [2.05, 4.69) is 27.1 Å². The summed E-state index contributed by atoms with van der Waals surface area (Å²) in [5.41, 5.74) is 5.33. The van der Waals surface area contributed by atoms with E-state index in [9.17, 15) is 4.79 Å². The van der Waals surface area contributed by atoms with Crippen LogP contribution < -0.4 is 14.8 Å². The first kappa shape index (κ1) is 23.2. The number of methoxy groups -OCH3 is 1. The van der Waals surface area contributed by atoms with E-state index in [0.717, 1.165) is 27.9 Å². The average Bonchev–Trinajstić information content (AvgIpc) is 3.23. The molecular weight excluding hydrogens is 456 g/mol. The lowest BCUT2D eigenvalue weighted by atomic mass is 9.85. The van der Waals surface area contributed by atoms with Gasteiger partial charge in [0.25, 0.3) is 5.95 Å². The minimum atomic E-state index is -0.224. The zero-order chi connectivity index (χ0) is 25.2. The summed E-state index contributed by atoms with van der Waals surface area (Å²) < 4.78 is 12.8. The largest absolute Gasteiger partial charge is 0.493 e. The molecule has 1 aliphatic rings. The van der Waals surface area contributed by atoms with Gasteiger partial charge in [-0.25, -0.2) is 4.98 Å². The Bertz CT molecular complexity index is 1440. The molecule has 0 spiro atoms. The molecule has 2 aromatic heterocycles. The van der Waals surface area contributed by atoms with Crippen LogP contribution in [0.15, 0.2) is 61.3 Å². The van der Waals surface area contributed by atoms with Crippen LogP contribution in [0.5, 0.6) is 11.5 Å². The highest BCUT2D eigenvalue weighted by Gasteiger charge is 2.33. The van der Waals surface area contributed by atoms with Gasteiger partial charge in [-0.3, -0.25) is 4.79 Å². The van der Waals surface area contributed by atoms with Crippen LogP contribution in [0.3, 0.4) is 0 Å². The van der Waals surface area contributed by atoms with Crippen LogP contribution in [0.2, 0.25) is 0 Å². The third kappa shape index (κ3) is 4.31. The molecule has 4 aromatic rings. The molecule has 5 rings (SSSR count).